The second-order valence-corrected chi connectivity index (χ2v) is 4.17. The lowest BCUT2D eigenvalue weighted by molar-refractivity contribution is -0.273. The lowest BCUT2D eigenvalue weighted by Gasteiger charge is -2.32. The molecule has 0 amide bonds. The maximum atomic E-state index is 12.4. The van der Waals surface area contributed by atoms with E-state index in [0.717, 1.165) is 0 Å². The van der Waals surface area contributed by atoms with E-state index in [1.165, 1.54) is 0 Å². The fraction of sp³-hybridized carbons (Fsp3) is 0.889. The van der Waals surface area contributed by atoms with Crippen molar-refractivity contribution in [1.82, 2.24) is 0 Å². The summed E-state index contributed by atoms with van der Waals surface area (Å²) in [5.41, 5.74) is -3.19. The molecule has 15 heavy (non-hydrogen) atoms. The summed E-state index contributed by atoms with van der Waals surface area (Å²) >= 11 is 0. The summed E-state index contributed by atoms with van der Waals surface area (Å²) in [5, 5.41) is 17.9. The molecule has 2 unspecified atom stereocenters. The predicted molar refractivity (Wildman–Crippen MR) is 47.3 cm³/mol. The first-order valence-corrected chi connectivity index (χ1v) is 4.52. The van der Waals surface area contributed by atoms with Crippen LogP contribution >= 0.6 is 0 Å². The SMILES string of the molecule is CC(C)CC(C(=O)O)C(C)(O)C(F)(F)F. The summed E-state index contributed by atoms with van der Waals surface area (Å²) < 4.78 is 37.1. The molecule has 90 valence electrons. The van der Waals surface area contributed by atoms with Gasteiger partial charge >= 0.3 is 12.1 Å². The van der Waals surface area contributed by atoms with Gasteiger partial charge in [-0.05, 0) is 19.3 Å². The van der Waals surface area contributed by atoms with Crippen molar-refractivity contribution in [3.8, 4) is 0 Å². The van der Waals surface area contributed by atoms with E-state index >= 15 is 0 Å². The van der Waals surface area contributed by atoms with Crippen molar-refractivity contribution in [2.45, 2.75) is 39.0 Å². The first kappa shape index (κ1) is 14.2. The molecule has 0 aromatic carbocycles. The Labute approximate surface area is 85.9 Å². The number of carboxylic acids is 1. The molecule has 0 saturated heterocycles. The molecule has 0 bridgehead atoms. The molecule has 3 nitrogen and oxygen atoms in total. The van der Waals surface area contributed by atoms with Crippen LogP contribution in [-0.4, -0.2) is 28.0 Å². The number of carboxylic acid groups (broad SMARTS) is 1. The van der Waals surface area contributed by atoms with Gasteiger partial charge < -0.3 is 10.2 Å². The number of carbonyl (C=O) groups is 1. The minimum absolute atomic E-state index is 0.220. The third-order valence-electron chi connectivity index (χ3n) is 2.26. The second-order valence-electron chi connectivity index (χ2n) is 4.17. The molecule has 0 aliphatic heterocycles. The van der Waals surface area contributed by atoms with E-state index in [0.29, 0.717) is 6.92 Å². The van der Waals surface area contributed by atoms with Crippen LogP contribution in [0.1, 0.15) is 27.2 Å². The van der Waals surface area contributed by atoms with E-state index in [-0.39, 0.29) is 12.3 Å². The van der Waals surface area contributed by atoms with Crippen LogP contribution < -0.4 is 0 Å². The quantitative estimate of drug-likeness (QED) is 0.774. The number of alkyl halides is 3. The lowest BCUT2D eigenvalue weighted by Crippen LogP contribution is -2.52. The van der Waals surface area contributed by atoms with Crippen LogP contribution in [0.25, 0.3) is 0 Å². The highest BCUT2D eigenvalue weighted by Crippen LogP contribution is 2.38. The van der Waals surface area contributed by atoms with Crippen molar-refractivity contribution in [3.63, 3.8) is 0 Å². The Morgan fingerprint density at radius 3 is 1.93 bits per heavy atom. The van der Waals surface area contributed by atoms with Crippen LogP contribution in [0.5, 0.6) is 0 Å². The van der Waals surface area contributed by atoms with Crippen molar-refractivity contribution in [3.05, 3.63) is 0 Å². The molecule has 0 saturated carbocycles. The fourth-order valence-corrected chi connectivity index (χ4v) is 1.24. The van der Waals surface area contributed by atoms with Gasteiger partial charge in [-0.3, -0.25) is 4.79 Å². The summed E-state index contributed by atoms with van der Waals surface area (Å²) in [4.78, 5) is 10.7. The number of rotatable bonds is 4. The zero-order valence-electron chi connectivity index (χ0n) is 8.80. The van der Waals surface area contributed by atoms with Crippen molar-refractivity contribution in [2.75, 3.05) is 0 Å². The van der Waals surface area contributed by atoms with Gasteiger partial charge in [0, 0.05) is 0 Å². The predicted octanol–water partition coefficient (Wildman–Crippen LogP) is 2.05. The third-order valence-corrected chi connectivity index (χ3v) is 2.26. The van der Waals surface area contributed by atoms with Gasteiger partial charge in [0.1, 0.15) is 0 Å². The van der Waals surface area contributed by atoms with Gasteiger partial charge in [-0.25, -0.2) is 0 Å². The molecule has 0 aromatic heterocycles. The molecule has 2 atom stereocenters. The Kier molecular flexibility index (Phi) is 4.16. The monoisotopic (exact) mass is 228 g/mol. The Balaban J connectivity index is 4.99. The molecule has 0 rings (SSSR count). The number of halogens is 3. The average Bonchev–Trinajstić information content (AvgIpc) is 1.96. The number of hydrogen-bond acceptors (Lipinski definition) is 2. The van der Waals surface area contributed by atoms with Gasteiger partial charge in [0.2, 0.25) is 0 Å². The van der Waals surface area contributed by atoms with Crippen LogP contribution in [0.15, 0.2) is 0 Å². The Morgan fingerprint density at radius 2 is 1.73 bits per heavy atom. The number of aliphatic hydroxyl groups is 1. The van der Waals surface area contributed by atoms with Crippen molar-refractivity contribution < 1.29 is 28.2 Å². The summed E-state index contributed by atoms with van der Waals surface area (Å²) in [7, 11) is 0. The van der Waals surface area contributed by atoms with E-state index in [4.69, 9.17) is 5.11 Å². The Hall–Kier alpha value is -0.780. The third kappa shape index (κ3) is 3.37. The summed E-state index contributed by atoms with van der Waals surface area (Å²) in [6.45, 7) is 3.69. The first-order chi connectivity index (χ1) is 6.50. The maximum Gasteiger partial charge on any atom is 0.417 e. The summed E-state index contributed by atoms with van der Waals surface area (Å²) in [6, 6.07) is 0. The Morgan fingerprint density at radius 1 is 1.33 bits per heavy atom. The minimum Gasteiger partial charge on any atom is -0.481 e. The first-order valence-electron chi connectivity index (χ1n) is 4.52. The van der Waals surface area contributed by atoms with Crippen LogP contribution in [0.3, 0.4) is 0 Å². The standard InChI is InChI=1S/C9H15F3O3/c1-5(2)4-6(7(13)14)8(3,15)9(10,11)12/h5-6,15H,4H2,1-3H3,(H,13,14). The maximum absolute atomic E-state index is 12.4. The van der Waals surface area contributed by atoms with Crippen molar-refractivity contribution >= 4 is 5.97 Å². The van der Waals surface area contributed by atoms with Crippen LogP contribution in [0.4, 0.5) is 13.2 Å². The zero-order chi connectivity index (χ0) is 12.4. The van der Waals surface area contributed by atoms with E-state index < -0.39 is 23.7 Å². The zero-order valence-corrected chi connectivity index (χ0v) is 8.80. The van der Waals surface area contributed by atoms with Gasteiger partial charge in [-0.2, -0.15) is 13.2 Å². The molecule has 6 heteroatoms. The second kappa shape index (κ2) is 4.38. The highest BCUT2D eigenvalue weighted by molar-refractivity contribution is 5.71. The molecular weight excluding hydrogens is 213 g/mol. The molecule has 0 fully saturated rings. The number of aliphatic carboxylic acids is 1. The topological polar surface area (TPSA) is 57.5 Å². The lowest BCUT2D eigenvalue weighted by atomic mass is 9.82. The molecular formula is C9H15F3O3. The molecule has 0 aliphatic carbocycles. The van der Waals surface area contributed by atoms with Gasteiger partial charge in [0.05, 0.1) is 5.92 Å². The number of hydrogen-bond donors (Lipinski definition) is 2. The smallest absolute Gasteiger partial charge is 0.417 e. The summed E-state index contributed by atoms with van der Waals surface area (Å²) in [6.07, 6.45) is -5.16. The highest BCUT2D eigenvalue weighted by Gasteiger charge is 2.57. The van der Waals surface area contributed by atoms with E-state index in [1.807, 2.05) is 0 Å². The van der Waals surface area contributed by atoms with Gasteiger partial charge in [-0.1, -0.05) is 13.8 Å². The van der Waals surface area contributed by atoms with E-state index in [1.54, 1.807) is 13.8 Å². The van der Waals surface area contributed by atoms with Crippen LogP contribution in [0.2, 0.25) is 0 Å². The van der Waals surface area contributed by atoms with Crippen molar-refractivity contribution in [1.29, 1.82) is 0 Å². The highest BCUT2D eigenvalue weighted by atomic mass is 19.4. The summed E-state index contributed by atoms with van der Waals surface area (Å²) in [5.74, 6) is -3.71. The minimum atomic E-state index is -4.94. The van der Waals surface area contributed by atoms with Gasteiger partial charge in [0.15, 0.2) is 5.60 Å². The molecule has 0 spiro atoms. The Bertz CT molecular complexity index is 233. The molecule has 0 aromatic rings. The largest absolute Gasteiger partial charge is 0.481 e. The molecule has 0 heterocycles. The molecule has 0 aliphatic rings. The van der Waals surface area contributed by atoms with Crippen LogP contribution in [-0.2, 0) is 4.79 Å². The van der Waals surface area contributed by atoms with Gasteiger partial charge in [-0.15, -0.1) is 0 Å². The van der Waals surface area contributed by atoms with E-state index in [9.17, 15) is 23.1 Å². The normalized spacial score (nSPS) is 18.7. The average molecular weight is 228 g/mol. The molecule has 0 radical (unpaired) electrons. The van der Waals surface area contributed by atoms with Crippen molar-refractivity contribution in [2.24, 2.45) is 11.8 Å². The fourth-order valence-electron chi connectivity index (χ4n) is 1.24. The van der Waals surface area contributed by atoms with Gasteiger partial charge in [0.25, 0.3) is 0 Å². The van der Waals surface area contributed by atoms with Crippen LogP contribution in [0, 0.1) is 11.8 Å². The van der Waals surface area contributed by atoms with E-state index in [2.05, 4.69) is 0 Å². The molecule has 2 N–H and O–H groups in total.